The van der Waals surface area contributed by atoms with Crippen LogP contribution in [0.3, 0.4) is 0 Å². The Labute approximate surface area is 121 Å². The largest absolute Gasteiger partial charge is 0.444 e. The number of halogens is 1. The molecule has 2 saturated heterocycles. The summed E-state index contributed by atoms with van der Waals surface area (Å²) in [5.74, 6) is 0. The number of nitrogens with one attached hydrogen (secondary N) is 1. The maximum absolute atomic E-state index is 11.9. The molecule has 1 spiro atoms. The van der Waals surface area contributed by atoms with Gasteiger partial charge in [0.15, 0.2) is 0 Å². The number of hydrogen-bond donors (Lipinski definition) is 1. The summed E-state index contributed by atoms with van der Waals surface area (Å²) >= 11 is 0. The van der Waals surface area contributed by atoms with E-state index in [-0.39, 0.29) is 24.0 Å². The van der Waals surface area contributed by atoms with Gasteiger partial charge in [0.25, 0.3) is 0 Å². The van der Waals surface area contributed by atoms with Crippen molar-refractivity contribution in [2.45, 2.75) is 44.8 Å². The fraction of sp³-hybridized carbons (Fsp3) is 0.923. The van der Waals surface area contributed by atoms with Crippen LogP contribution in [0.5, 0.6) is 0 Å². The number of morpholine rings is 1. The molecule has 1 amide bonds. The van der Waals surface area contributed by atoms with Crippen LogP contribution in [0.25, 0.3) is 0 Å². The van der Waals surface area contributed by atoms with Gasteiger partial charge in [-0.2, -0.15) is 0 Å². The van der Waals surface area contributed by atoms with E-state index < -0.39 is 5.60 Å². The van der Waals surface area contributed by atoms with Crippen molar-refractivity contribution in [1.82, 2.24) is 10.2 Å². The molecule has 0 bridgehead atoms. The third-order valence-corrected chi connectivity index (χ3v) is 3.50. The summed E-state index contributed by atoms with van der Waals surface area (Å²) in [4.78, 5) is 13.7. The van der Waals surface area contributed by atoms with E-state index in [0.29, 0.717) is 0 Å². The van der Waals surface area contributed by atoms with Gasteiger partial charge in [0.2, 0.25) is 0 Å². The highest BCUT2D eigenvalue weighted by Crippen LogP contribution is 2.25. The Bertz CT molecular complexity index is 302. The molecule has 0 aromatic rings. The molecule has 0 radical (unpaired) electrons. The molecule has 6 heteroatoms. The van der Waals surface area contributed by atoms with Crippen molar-refractivity contribution in [1.29, 1.82) is 0 Å². The smallest absolute Gasteiger partial charge is 0.410 e. The first-order chi connectivity index (χ1) is 8.40. The molecule has 112 valence electrons. The highest BCUT2D eigenvalue weighted by molar-refractivity contribution is 5.85. The molecule has 1 N–H and O–H groups in total. The predicted molar refractivity (Wildman–Crippen MR) is 75.8 cm³/mol. The SMILES string of the molecule is CC(C)(C)OC(=O)N1CCC2(CC1)COCCN2.Cl. The molecular formula is C13H25ClN2O3. The van der Waals surface area contributed by atoms with Crippen LogP contribution >= 0.6 is 12.4 Å². The Balaban J connectivity index is 0.00000180. The molecule has 0 atom stereocenters. The maximum Gasteiger partial charge on any atom is 0.410 e. The Morgan fingerprint density at radius 1 is 1.32 bits per heavy atom. The normalized spacial score (nSPS) is 22.8. The molecule has 2 rings (SSSR count). The maximum atomic E-state index is 11.9. The monoisotopic (exact) mass is 292 g/mol. The number of rotatable bonds is 0. The molecule has 0 aromatic carbocycles. The Hall–Kier alpha value is -0.520. The first kappa shape index (κ1) is 16.5. The highest BCUT2D eigenvalue weighted by atomic mass is 35.5. The van der Waals surface area contributed by atoms with E-state index in [4.69, 9.17) is 9.47 Å². The van der Waals surface area contributed by atoms with Crippen LogP contribution in [0.4, 0.5) is 4.79 Å². The van der Waals surface area contributed by atoms with Gasteiger partial charge in [0.1, 0.15) is 5.60 Å². The average Bonchev–Trinajstić information content (AvgIpc) is 2.28. The van der Waals surface area contributed by atoms with Gasteiger partial charge < -0.3 is 19.7 Å². The van der Waals surface area contributed by atoms with E-state index in [1.807, 2.05) is 20.8 Å². The van der Waals surface area contributed by atoms with Gasteiger partial charge in [0, 0.05) is 25.2 Å². The number of amides is 1. The van der Waals surface area contributed by atoms with Crippen LogP contribution in [0, 0.1) is 0 Å². The third-order valence-electron chi connectivity index (χ3n) is 3.50. The van der Waals surface area contributed by atoms with E-state index >= 15 is 0 Å². The number of likely N-dealkylation sites (tertiary alicyclic amines) is 1. The molecular weight excluding hydrogens is 268 g/mol. The van der Waals surface area contributed by atoms with Crippen LogP contribution in [0.1, 0.15) is 33.6 Å². The second-order valence-corrected chi connectivity index (χ2v) is 6.23. The van der Waals surface area contributed by atoms with E-state index in [1.165, 1.54) is 0 Å². The summed E-state index contributed by atoms with van der Waals surface area (Å²) in [6, 6.07) is 0. The van der Waals surface area contributed by atoms with E-state index in [1.54, 1.807) is 4.90 Å². The van der Waals surface area contributed by atoms with Crippen molar-refractivity contribution in [2.75, 3.05) is 32.8 Å². The first-order valence-corrected chi connectivity index (χ1v) is 6.71. The molecule has 2 heterocycles. The highest BCUT2D eigenvalue weighted by Gasteiger charge is 2.38. The topological polar surface area (TPSA) is 50.8 Å². The lowest BCUT2D eigenvalue weighted by molar-refractivity contribution is -0.0175. The number of piperidine rings is 1. The summed E-state index contributed by atoms with van der Waals surface area (Å²) in [5.41, 5.74) is -0.338. The zero-order valence-electron chi connectivity index (χ0n) is 12.0. The fourth-order valence-electron chi connectivity index (χ4n) is 2.47. The molecule has 19 heavy (non-hydrogen) atoms. The predicted octanol–water partition coefficient (Wildman–Crippen LogP) is 1.80. The molecule has 0 aromatic heterocycles. The Kier molecular flexibility index (Phi) is 5.47. The standard InChI is InChI=1S/C13H24N2O3.ClH/c1-12(2,3)18-11(16)15-7-4-13(5-8-15)10-17-9-6-14-13;/h14H,4-10H2,1-3H3;1H. The summed E-state index contributed by atoms with van der Waals surface area (Å²) < 4.78 is 10.9. The molecule has 2 aliphatic rings. The van der Waals surface area contributed by atoms with Crippen LogP contribution in [-0.4, -0.2) is 55.0 Å². The summed E-state index contributed by atoms with van der Waals surface area (Å²) in [6.07, 6.45) is 1.67. The van der Waals surface area contributed by atoms with Crippen LogP contribution < -0.4 is 5.32 Å². The number of carbonyl (C=O) groups excluding carboxylic acids is 1. The third kappa shape index (κ3) is 4.51. The van der Waals surface area contributed by atoms with Gasteiger partial charge in [-0.1, -0.05) is 0 Å². The Morgan fingerprint density at radius 3 is 2.42 bits per heavy atom. The zero-order chi connectivity index (χ0) is 13.2. The van der Waals surface area contributed by atoms with Gasteiger partial charge in [-0.15, -0.1) is 12.4 Å². The minimum absolute atomic E-state index is 0. The van der Waals surface area contributed by atoms with Gasteiger partial charge in [-0.3, -0.25) is 0 Å². The molecule has 5 nitrogen and oxygen atoms in total. The van der Waals surface area contributed by atoms with E-state index in [0.717, 1.165) is 45.7 Å². The molecule has 0 unspecified atom stereocenters. The van der Waals surface area contributed by atoms with E-state index in [9.17, 15) is 4.79 Å². The van der Waals surface area contributed by atoms with Crippen LogP contribution in [-0.2, 0) is 9.47 Å². The quantitative estimate of drug-likeness (QED) is 0.740. The fourth-order valence-corrected chi connectivity index (χ4v) is 2.47. The first-order valence-electron chi connectivity index (χ1n) is 6.71. The van der Waals surface area contributed by atoms with E-state index in [2.05, 4.69) is 5.32 Å². The van der Waals surface area contributed by atoms with Gasteiger partial charge in [0.05, 0.1) is 13.2 Å². The van der Waals surface area contributed by atoms with Crippen molar-refractivity contribution in [3.8, 4) is 0 Å². The average molecular weight is 293 g/mol. The van der Waals surface area contributed by atoms with Crippen molar-refractivity contribution in [3.05, 3.63) is 0 Å². The lowest BCUT2D eigenvalue weighted by Crippen LogP contribution is -2.60. The molecule has 2 aliphatic heterocycles. The lowest BCUT2D eigenvalue weighted by Gasteiger charge is -2.44. The summed E-state index contributed by atoms with van der Waals surface area (Å²) in [5, 5.41) is 3.54. The molecule has 2 fully saturated rings. The van der Waals surface area contributed by atoms with Crippen molar-refractivity contribution in [2.24, 2.45) is 0 Å². The van der Waals surface area contributed by atoms with Gasteiger partial charge in [-0.05, 0) is 33.6 Å². The number of carbonyl (C=O) groups is 1. The van der Waals surface area contributed by atoms with Gasteiger partial charge >= 0.3 is 6.09 Å². The Morgan fingerprint density at radius 2 is 1.95 bits per heavy atom. The molecule has 0 saturated carbocycles. The minimum atomic E-state index is -0.418. The zero-order valence-corrected chi connectivity index (χ0v) is 12.8. The number of hydrogen-bond acceptors (Lipinski definition) is 4. The second kappa shape index (κ2) is 6.29. The van der Waals surface area contributed by atoms with Crippen molar-refractivity contribution in [3.63, 3.8) is 0 Å². The van der Waals surface area contributed by atoms with Crippen molar-refractivity contribution < 1.29 is 14.3 Å². The second-order valence-electron chi connectivity index (χ2n) is 6.23. The minimum Gasteiger partial charge on any atom is -0.444 e. The van der Waals surface area contributed by atoms with Crippen molar-refractivity contribution >= 4 is 18.5 Å². The van der Waals surface area contributed by atoms with Crippen LogP contribution in [0.15, 0.2) is 0 Å². The van der Waals surface area contributed by atoms with Crippen LogP contribution in [0.2, 0.25) is 0 Å². The number of ether oxygens (including phenoxy) is 2. The van der Waals surface area contributed by atoms with Gasteiger partial charge in [-0.25, -0.2) is 4.79 Å². The lowest BCUT2D eigenvalue weighted by atomic mass is 9.87. The summed E-state index contributed by atoms with van der Waals surface area (Å²) in [7, 11) is 0. The summed E-state index contributed by atoms with van der Waals surface area (Å²) in [6.45, 7) is 9.63. The number of nitrogens with zero attached hydrogens (tertiary/aromatic N) is 1. The molecule has 0 aliphatic carbocycles.